The summed E-state index contributed by atoms with van der Waals surface area (Å²) < 4.78 is 13.4. The van der Waals surface area contributed by atoms with Crippen LogP contribution in [0.1, 0.15) is 16.7 Å². The first kappa shape index (κ1) is 18.6. The highest BCUT2D eigenvalue weighted by Crippen LogP contribution is 2.34. The Morgan fingerprint density at radius 1 is 0.839 bits per heavy atom. The number of nitrogens with zero attached hydrogens (tertiary/aromatic N) is 3. The lowest BCUT2D eigenvalue weighted by Gasteiger charge is -2.10. The fraction of sp³-hybridized carbons (Fsp3) is 0. The number of fused-ring (bicyclic) bond motifs is 3. The van der Waals surface area contributed by atoms with Crippen LogP contribution in [-0.4, -0.2) is 16.5 Å². The van der Waals surface area contributed by atoms with Gasteiger partial charge in [-0.3, -0.25) is 15.5 Å². The van der Waals surface area contributed by atoms with E-state index < -0.39 is 4.92 Å². The van der Waals surface area contributed by atoms with Crippen molar-refractivity contribution in [3.63, 3.8) is 0 Å². The standard InChI is InChI=1S/C24H15FN4O2/c25-18-10-5-17(6-11-18)24-26-23-20-4-2-1-3-15(20)9-14-21(23)22(27-28-24)16-7-12-19(13-8-16)29(30)31/h1-14H,(H,26,28). The molecule has 0 radical (unpaired) electrons. The van der Waals surface area contributed by atoms with Crippen LogP contribution in [0, 0.1) is 15.9 Å². The van der Waals surface area contributed by atoms with Crippen molar-refractivity contribution in [2.75, 3.05) is 0 Å². The van der Waals surface area contributed by atoms with Gasteiger partial charge in [-0.05, 0) is 47.9 Å². The minimum Gasteiger partial charge on any atom is -0.260 e. The number of halogens is 1. The van der Waals surface area contributed by atoms with E-state index in [1.165, 1.54) is 24.3 Å². The van der Waals surface area contributed by atoms with E-state index in [2.05, 4.69) is 10.5 Å². The fourth-order valence-electron chi connectivity index (χ4n) is 3.57. The summed E-state index contributed by atoms with van der Waals surface area (Å²) >= 11 is 0. The van der Waals surface area contributed by atoms with Gasteiger partial charge in [0.2, 0.25) is 0 Å². The zero-order valence-corrected chi connectivity index (χ0v) is 16.1. The molecule has 1 heterocycles. The van der Waals surface area contributed by atoms with Crippen LogP contribution in [0.2, 0.25) is 0 Å². The van der Waals surface area contributed by atoms with Crippen LogP contribution in [0.3, 0.4) is 0 Å². The number of benzene rings is 4. The van der Waals surface area contributed by atoms with Crippen molar-refractivity contribution in [2.24, 2.45) is 10.1 Å². The molecular formula is C24H15FN4O2. The summed E-state index contributed by atoms with van der Waals surface area (Å²) in [6.07, 6.45) is 0. The van der Waals surface area contributed by atoms with E-state index in [1.807, 2.05) is 36.4 Å². The van der Waals surface area contributed by atoms with Gasteiger partial charge < -0.3 is 0 Å². The van der Waals surface area contributed by atoms with E-state index in [0.29, 0.717) is 22.7 Å². The highest BCUT2D eigenvalue weighted by Gasteiger charge is 2.20. The van der Waals surface area contributed by atoms with Crippen LogP contribution in [0.4, 0.5) is 15.8 Å². The zero-order chi connectivity index (χ0) is 21.4. The molecule has 6 nitrogen and oxygen atoms in total. The number of hydrazone groups is 1. The number of rotatable bonds is 3. The highest BCUT2D eigenvalue weighted by molar-refractivity contribution is 6.21. The van der Waals surface area contributed by atoms with Crippen molar-refractivity contribution in [1.29, 1.82) is 0 Å². The quantitative estimate of drug-likeness (QED) is 0.367. The van der Waals surface area contributed by atoms with E-state index >= 15 is 0 Å². The third-order valence-electron chi connectivity index (χ3n) is 5.12. The van der Waals surface area contributed by atoms with Crippen molar-refractivity contribution in [2.45, 2.75) is 0 Å². The molecule has 0 atom stereocenters. The molecule has 0 saturated carbocycles. The lowest BCUT2D eigenvalue weighted by Crippen LogP contribution is -2.19. The summed E-state index contributed by atoms with van der Waals surface area (Å²) in [4.78, 5) is 15.4. The third-order valence-corrected chi connectivity index (χ3v) is 5.12. The van der Waals surface area contributed by atoms with Crippen LogP contribution in [0.15, 0.2) is 95.0 Å². The molecule has 4 aromatic carbocycles. The normalized spacial score (nSPS) is 12.9. The second kappa shape index (κ2) is 7.46. The Morgan fingerprint density at radius 3 is 2.29 bits per heavy atom. The van der Waals surface area contributed by atoms with Crippen molar-refractivity contribution in [3.8, 4) is 0 Å². The van der Waals surface area contributed by atoms with E-state index in [0.717, 1.165) is 22.0 Å². The summed E-state index contributed by atoms with van der Waals surface area (Å²) in [5.41, 5.74) is 6.52. The minimum absolute atomic E-state index is 0.00733. The number of nitrogens with one attached hydrogen (secondary N) is 1. The number of amidine groups is 1. The number of non-ortho nitro benzene ring substituents is 1. The van der Waals surface area contributed by atoms with Crippen molar-refractivity contribution in [1.82, 2.24) is 5.43 Å². The van der Waals surface area contributed by atoms with Gasteiger partial charge in [0.25, 0.3) is 5.69 Å². The van der Waals surface area contributed by atoms with E-state index in [-0.39, 0.29) is 11.5 Å². The highest BCUT2D eigenvalue weighted by atomic mass is 19.1. The Bertz CT molecular complexity index is 1380. The molecule has 0 unspecified atom stereocenters. The minimum atomic E-state index is -0.436. The van der Waals surface area contributed by atoms with E-state index in [9.17, 15) is 14.5 Å². The SMILES string of the molecule is O=[N+]([O-])c1ccc(C2=NNC(c3ccc(F)cc3)=Nc3c2ccc2ccccc32)cc1. The first-order valence-electron chi connectivity index (χ1n) is 9.55. The Hall–Kier alpha value is -4.39. The molecule has 7 heteroatoms. The van der Waals surface area contributed by atoms with Crippen molar-refractivity contribution < 1.29 is 9.31 Å². The van der Waals surface area contributed by atoms with Crippen LogP contribution >= 0.6 is 0 Å². The van der Waals surface area contributed by atoms with Gasteiger partial charge in [-0.15, -0.1) is 0 Å². The molecular weight excluding hydrogens is 395 g/mol. The molecule has 0 fully saturated rings. The van der Waals surface area contributed by atoms with Gasteiger partial charge in [0.05, 0.1) is 10.6 Å². The number of nitro benzene ring substituents is 1. The molecule has 0 saturated heterocycles. The van der Waals surface area contributed by atoms with Gasteiger partial charge in [-0.2, -0.15) is 5.10 Å². The van der Waals surface area contributed by atoms with E-state index in [1.54, 1.807) is 24.3 Å². The molecule has 4 aromatic rings. The summed E-state index contributed by atoms with van der Waals surface area (Å²) in [7, 11) is 0. The molecule has 0 amide bonds. The van der Waals surface area contributed by atoms with Gasteiger partial charge in [0.1, 0.15) is 11.5 Å². The van der Waals surface area contributed by atoms with Crippen molar-refractivity contribution >= 4 is 33.7 Å². The van der Waals surface area contributed by atoms with Crippen LogP contribution in [-0.2, 0) is 0 Å². The van der Waals surface area contributed by atoms with Crippen LogP contribution in [0.5, 0.6) is 0 Å². The zero-order valence-electron chi connectivity index (χ0n) is 16.1. The fourth-order valence-corrected chi connectivity index (χ4v) is 3.57. The molecule has 5 rings (SSSR count). The molecule has 1 N–H and O–H groups in total. The first-order chi connectivity index (χ1) is 15.1. The number of hydrogen-bond donors (Lipinski definition) is 1. The van der Waals surface area contributed by atoms with E-state index in [4.69, 9.17) is 4.99 Å². The Kier molecular flexibility index (Phi) is 4.48. The average molecular weight is 410 g/mol. The predicted octanol–water partition coefficient (Wildman–Crippen LogP) is 5.32. The topological polar surface area (TPSA) is 79.9 Å². The predicted molar refractivity (Wildman–Crippen MR) is 118 cm³/mol. The van der Waals surface area contributed by atoms with Gasteiger partial charge in [0, 0.05) is 34.2 Å². The summed E-state index contributed by atoms with van der Waals surface area (Å²) in [6, 6.07) is 24.1. The third kappa shape index (κ3) is 3.42. The smallest absolute Gasteiger partial charge is 0.260 e. The monoisotopic (exact) mass is 410 g/mol. The summed E-state index contributed by atoms with van der Waals surface area (Å²) in [6.45, 7) is 0. The molecule has 0 aliphatic carbocycles. The van der Waals surface area contributed by atoms with Gasteiger partial charge >= 0.3 is 0 Å². The summed E-state index contributed by atoms with van der Waals surface area (Å²) in [5, 5.41) is 17.6. The largest absolute Gasteiger partial charge is 0.269 e. The average Bonchev–Trinajstić information content (AvgIpc) is 3.00. The molecule has 0 spiro atoms. The lowest BCUT2D eigenvalue weighted by atomic mass is 9.96. The lowest BCUT2D eigenvalue weighted by molar-refractivity contribution is -0.384. The van der Waals surface area contributed by atoms with Gasteiger partial charge in [-0.25, -0.2) is 9.38 Å². The first-order valence-corrected chi connectivity index (χ1v) is 9.55. The second-order valence-electron chi connectivity index (χ2n) is 7.03. The maximum atomic E-state index is 13.4. The molecule has 31 heavy (non-hydrogen) atoms. The molecule has 1 aliphatic rings. The summed E-state index contributed by atoms with van der Waals surface area (Å²) in [5.74, 6) is 0.147. The molecule has 1 aliphatic heterocycles. The molecule has 0 aromatic heterocycles. The maximum Gasteiger partial charge on any atom is 0.269 e. The van der Waals surface area contributed by atoms with Crippen LogP contribution in [0.25, 0.3) is 10.8 Å². The number of nitro groups is 1. The molecule has 0 bridgehead atoms. The van der Waals surface area contributed by atoms with Gasteiger partial charge in [0.15, 0.2) is 5.84 Å². The number of hydrogen-bond acceptors (Lipinski definition) is 5. The van der Waals surface area contributed by atoms with Gasteiger partial charge in [-0.1, -0.05) is 30.3 Å². The van der Waals surface area contributed by atoms with Crippen LogP contribution < -0.4 is 5.43 Å². The maximum absolute atomic E-state index is 13.4. The Labute approximate surface area is 176 Å². The Balaban J connectivity index is 1.72. The second-order valence-corrected chi connectivity index (χ2v) is 7.03. The number of aliphatic imine (C=N–C) groups is 1. The molecule has 150 valence electrons. The van der Waals surface area contributed by atoms with Crippen molar-refractivity contribution in [3.05, 3.63) is 118 Å². The Morgan fingerprint density at radius 2 is 1.55 bits per heavy atom.